The second-order valence-electron chi connectivity index (χ2n) is 7.99. The zero-order valence-corrected chi connectivity index (χ0v) is 19.1. The standard InChI is InChI=1S/C21H20N9O2P/c1-11-9-24-28(2)17(11)19-25-26-20(32-19)21(31)29-7-6-13-16(23-10-22-13)18(29)14-8-12-4-3-5-15(33)30(12)27-14/h3-5,8-10,18H,6-7,33H2,1-2H3,(H,22,23)/t18-/m0/s1. The summed E-state index contributed by atoms with van der Waals surface area (Å²) in [6, 6.07) is 7.39. The van der Waals surface area contributed by atoms with Gasteiger partial charge in [0.25, 0.3) is 5.89 Å². The molecule has 0 saturated carbocycles. The van der Waals surface area contributed by atoms with Crippen LogP contribution in [0.4, 0.5) is 0 Å². The van der Waals surface area contributed by atoms with Crippen molar-refractivity contribution in [1.82, 2.24) is 44.5 Å². The lowest BCUT2D eigenvalue weighted by Gasteiger charge is -2.32. The van der Waals surface area contributed by atoms with Crippen molar-refractivity contribution in [3.63, 3.8) is 0 Å². The zero-order valence-electron chi connectivity index (χ0n) is 17.9. The summed E-state index contributed by atoms with van der Waals surface area (Å²) in [6.45, 7) is 2.36. The first-order valence-corrected chi connectivity index (χ1v) is 11.0. The molecule has 33 heavy (non-hydrogen) atoms. The number of H-pyrrole nitrogens is 1. The molecule has 12 heteroatoms. The summed E-state index contributed by atoms with van der Waals surface area (Å²) in [6.07, 6.45) is 4.00. The maximum absolute atomic E-state index is 13.6. The topological polar surface area (TPSA) is 123 Å². The van der Waals surface area contributed by atoms with Gasteiger partial charge in [0.15, 0.2) is 0 Å². The number of aromatic nitrogens is 8. The van der Waals surface area contributed by atoms with Crippen LogP contribution in [0.5, 0.6) is 0 Å². The van der Waals surface area contributed by atoms with E-state index in [-0.39, 0.29) is 17.7 Å². The molecule has 0 saturated heterocycles. The predicted molar refractivity (Wildman–Crippen MR) is 121 cm³/mol. The summed E-state index contributed by atoms with van der Waals surface area (Å²) in [5.74, 6) is -0.189. The van der Waals surface area contributed by atoms with E-state index >= 15 is 0 Å². The molecular formula is C21H20N9O2P. The Labute approximate surface area is 190 Å². The van der Waals surface area contributed by atoms with Gasteiger partial charge < -0.3 is 14.3 Å². The quantitative estimate of drug-likeness (QED) is 0.403. The van der Waals surface area contributed by atoms with Gasteiger partial charge in [-0.25, -0.2) is 9.50 Å². The number of carbonyl (C=O) groups excluding carboxylic acids is 1. The molecule has 0 fully saturated rings. The molecule has 0 aromatic carbocycles. The molecule has 166 valence electrons. The van der Waals surface area contributed by atoms with Gasteiger partial charge in [-0.3, -0.25) is 9.48 Å². The number of imidazole rings is 1. The number of aromatic amines is 1. The Kier molecular flexibility index (Phi) is 4.41. The molecule has 1 N–H and O–H groups in total. The van der Waals surface area contributed by atoms with Crippen LogP contribution in [0.1, 0.15) is 39.4 Å². The number of carbonyl (C=O) groups is 1. The maximum Gasteiger partial charge on any atom is 0.312 e. The van der Waals surface area contributed by atoms with E-state index in [0.717, 1.165) is 27.9 Å². The van der Waals surface area contributed by atoms with E-state index in [4.69, 9.17) is 9.52 Å². The first-order valence-electron chi connectivity index (χ1n) is 10.4. The van der Waals surface area contributed by atoms with Gasteiger partial charge in [0.05, 0.1) is 34.9 Å². The van der Waals surface area contributed by atoms with Crippen LogP contribution in [-0.4, -0.2) is 56.9 Å². The smallest absolute Gasteiger partial charge is 0.312 e. The van der Waals surface area contributed by atoms with Crippen LogP contribution in [0.2, 0.25) is 0 Å². The number of fused-ring (bicyclic) bond motifs is 2. The summed E-state index contributed by atoms with van der Waals surface area (Å²) in [5.41, 5.74) is 5.89. The molecule has 5 aromatic heterocycles. The highest BCUT2D eigenvalue weighted by molar-refractivity contribution is 7.27. The average Bonchev–Trinajstić information content (AvgIpc) is 3.59. The Morgan fingerprint density at radius 1 is 1.30 bits per heavy atom. The number of hydrogen-bond donors (Lipinski definition) is 1. The number of hydrogen-bond acceptors (Lipinski definition) is 7. The van der Waals surface area contributed by atoms with Crippen molar-refractivity contribution < 1.29 is 9.21 Å². The molecule has 0 aliphatic carbocycles. The third kappa shape index (κ3) is 3.07. The molecule has 1 aliphatic rings. The van der Waals surface area contributed by atoms with Gasteiger partial charge in [0.1, 0.15) is 11.7 Å². The molecule has 11 nitrogen and oxygen atoms in total. The third-order valence-corrected chi connectivity index (χ3v) is 6.37. The third-order valence-electron chi connectivity index (χ3n) is 5.93. The van der Waals surface area contributed by atoms with Gasteiger partial charge in [-0.05, 0) is 30.7 Å². The van der Waals surface area contributed by atoms with Crippen molar-refractivity contribution >= 4 is 26.1 Å². The first kappa shape index (κ1) is 19.8. The number of pyridine rings is 1. The summed E-state index contributed by atoms with van der Waals surface area (Å²) >= 11 is 0. The molecule has 6 rings (SSSR count). The Bertz CT molecular complexity index is 1490. The zero-order chi connectivity index (χ0) is 22.7. The van der Waals surface area contributed by atoms with Crippen LogP contribution in [0, 0.1) is 6.92 Å². The van der Waals surface area contributed by atoms with Crippen molar-refractivity contribution in [1.29, 1.82) is 0 Å². The normalized spacial score (nSPS) is 15.8. The highest BCUT2D eigenvalue weighted by Crippen LogP contribution is 2.34. The van der Waals surface area contributed by atoms with Gasteiger partial charge >= 0.3 is 11.8 Å². The lowest BCUT2D eigenvalue weighted by molar-refractivity contribution is 0.0646. The van der Waals surface area contributed by atoms with Crippen molar-refractivity contribution in [3.8, 4) is 11.6 Å². The highest BCUT2D eigenvalue weighted by Gasteiger charge is 2.38. The molecule has 6 heterocycles. The number of aryl methyl sites for hydroxylation is 2. The Balaban J connectivity index is 1.42. The Morgan fingerprint density at radius 2 is 2.18 bits per heavy atom. The number of nitrogens with one attached hydrogen (secondary N) is 1. The van der Waals surface area contributed by atoms with Crippen molar-refractivity contribution in [2.24, 2.45) is 7.05 Å². The number of rotatable bonds is 3. The molecular weight excluding hydrogens is 441 g/mol. The minimum atomic E-state index is -0.481. The summed E-state index contributed by atoms with van der Waals surface area (Å²) in [5, 5.41) is 17.1. The van der Waals surface area contributed by atoms with Gasteiger partial charge in [-0.1, -0.05) is 15.3 Å². The van der Waals surface area contributed by atoms with Crippen molar-refractivity contribution in [3.05, 3.63) is 65.3 Å². The second kappa shape index (κ2) is 7.35. The fraction of sp³-hybridized carbons (Fsp3) is 0.238. The maximum atomic E-state index is 13.6. The Morgan fingerprint density at radius 3 is 2.97 bits per heavy atom. The predicted octanol–water partition coefficient (Wildman–Crippen LogP) is 1.44. The minimum absolute atomic E-state index is 0.0786. The molecule has 2 atom stereocenters. The molecule has 0 radical (unpaired) electrons. The summed E-state index contributed by atoms with van der Waals surface area (Å²) < 4.78 is 9.28. The molecule has 1 amide bonds. The molecule has 5 aromatic rings. The van der Waals surface area contributed by atoms with Crippen LogP contribution in [0.25, 0.3) is 17.1 Å². The lowest BCUT2D eigenvalue weighted by Crippen LogP contribution is -2.41. The molecule has 1 aliphatic heterocycles. The molecule has 1 unspecified atom stereocenters. The first-order chi connectivity index (χ1) is 16.0. The van der Waals surface area contributed by atoms with Crippen molar-refractivity contribution in [2.45, 2.75) is 19.4 Å². The van der Waals surface area contributed by atoms with Crippen LogP contribution < -0.4 is 5.44 Å². The van der Waals surface area contributed by atoms with Gasteiger partial charge in [0.2, 0.25) is 0 Å². The van der Waals surface area contributed by atoms with E-state index in [2.05, 4.69) is 34.5 Å². The van der Waals surface area contributed by atoms with Crippen LogP contribution >= 0.6 is 9.24 Å². The van der Waals surface area contributed by atoms with Crippen LogP contribution in [0.15, 0.2) is 41.2 Å². The summed E-state index contributed by atoms with van der Waals surface area (Å²) in [7, 11) is 4.47. The van der Waals surface area contributed by atoms with E-state index in [1.165, 1.54) is 0 Å². The van der Waals surface area contributed by atoms with E-state index in [9.17, 15) is 4.79 Å². The van der Waals surface area contributed by atoms with E-state index in [1.54, 1.807) is 29.2 Å². The van der Waals surface area contributed by atoms with Crippen molar-refractivity contribution in [2.75, 3.05) is 6.54 Å². The van der Waals surface area contributed by atoms with Gasteiger partial charge in [-0.2, -0.15) is 10.2 Å². The largest absolute Gasteiger partial charge is 0.411 e. The van der Waals surface area contributed by atoms with E-state index in [1.807, 2.05) is 35.7 Å². The monoisotopic (exact) mass is 461 g/mol. The Hall–Kier alpha value is -3.85. The lowest BCUT2D eigenvalue weighted by atomic mass is 9.99. The van der Waals surface area contributed by atoms with Crippen LogP contribution in [0.3, 0.4) is 0 Å². The molecule has 0 spiro atoms. The number of amides is 1. The number of nitrogens with zero attached hydrogens (tertiary/aromatic N) is 8. The average molecular weight is 461 g/mol. The minimum Gasteiger partial charge on any atom is -0.411 e. The van der Waals surface area contributed by atoms with E-state index in [0.29, 0.717) is 24.4 Å². The van der Waals surface area contributed by atoms with Gasteiger partial charge in [0, 0.05) is 25.7 Å². The van der Waals surface area contributed by atoms with Gasteiger partial charge in [-0.15, -0.1) is 10.2 Å². The van der Waals surface area contributed by atoms with Crippen LogP contribution in [-0.2, 0) is 13.5 Å². The second-order valence-corrected chi connectivity index (χ2v) is 8.58. The van der Waals surface area contributed by atoms with E-state index < -0.39 is 6.04 Å². The fourth-order valence-electron chi connectivity index (χ4n) is 4.37. The SMILES string of the molecule is Cc1cnn(C)c1-c1nnc(C(=O)N2CCc3[nH]cnc3[C@@H]2c2cc3cccc(P)n3n2)o1. The summed E-state index contributed by atoms with van der Waals surface area (Å²) in [4.78, 5) is 23.0. The molecule has 0 bridgehead atoms. The fourth-order valence-corrected chi connectivity index (χ4v) is 4.69. The highest BCUT2D eigenvalue weighted by atomic mass is 31.0.